The molecule has 2 N–H and O–H groups in total. The molecule has 0 unspecified atom stereocenters. The van der Waals surface area contributed by atoms with Crippen LogP contribution < -0.4 is 5.73 Å². The van der Waals surface area contributed by atoms with Gasteiger partial charge in [0.15, 0.2) is 9.84 Å². The molecule has 0 bridgehead atoms. The SMILES string of the molecule is Cc1cc(-n2cc(S(C)(=O)=O)cn2)c(Br)cc1N. The summed E-state index contributed by atoms with van der Waals surface area (Å²) in [5.74, 6) is 0. The van der Waals surface area contributed by atoms with Crippen molar-refractivity contribution in [3.63, 3.8) is 0 Å². The van der Waals surface area contributed by atoms with Crippen molar-refractivity contribution < 1.29 is 8.42 Å². The highest BCUT2D eigenvalue weighted by Crippen LogP contribution is 2.26. The second-order valence-electron chi connectivity index (χ2n) is 4.05. The summed E-state index contributed by atoms with van der Waals surface area (Å²) < 4.78 is 25.1. The van der Waals surface area contributed by atoms with E-state index in [1.807, 2.05) is 13.0 Å². The smallest absolute Gasteiger partial charge is 0.178 e. The Morgan fingerprint density at radius 3 is 2.61 bits per heavy atom. The molecule has 7 heteroatoms. The Labute approximate surface area is 114 Å². The van der Waals surface area contributed by atoms with E-state index in [0.717, 1.165) is 22.0 Å². The summed E-state index contributed by atoms with van der Waals surface area (Å²) in [5.41, 5.74) is 8.11. The average molecular weight is 330 g/mol. The Morgan fingerprint density at radius 2 is 2.06 bits per heavy atom. The predicted octanol–water partition coefficient (Wildman–Crippen LogP) is 1.93. The summed E-state index contributed by atoms with van der Waals surface area (Å²) in [5, 5.41) is 4.05. The maximum atomic E-state index is 11.4. The molecule has 0 amide bonds. The maximum Gasteiger partial charge on any atom is 0.178 e. The van der Waals surface area contributed by atoms with Crippen LogP contribution in [-0.2, 0) is 9.84 Å². The van der Waals surface area contributed by atoms with E-state index in [1.165, 1.54) is 17.1 Å². The number of sulfone groups is 1. The lowest BCUT2D eigenvalue weighted by Gasteiger charge is -2.08. The van der Waals surface area contributed by atoms with Gasteiger partial charge in [-0.3, -0.25) is 0 Å². The molecule has 0 atom stereocenters. The minimum absolute atomic E-state index is 0.184. The first-order valence-corrected chi connectivity index (χ1v) is 7.78. The lowest BCUT2D eigenvalue weighted by Crippen LogP contribution is -1.99. The van der Waals surface area contributed by atoms with Crippen LogP contribution in [0.3, 0.4) is 0 Å². The van der Waals surface area contributed by atoms with Crippen molar-refractivity contribution in [1.29, 1.82) is 0 Å². The molecule has 2 rings (SSSR count). The number of hydrogen-bond donors (Lipinski definition) is 1. The number of nitrogens with two attached hydrogens (primary N) is 1. The van der Waals surface area contributed by atoms with Crippen LogP contribution >= 0.6 is 15.9 Å². The minimum atomic E-state index is -3.24. The molecule has 0 spiro atoms. The summed E-state index contributed by atoms with van der Waals surface area (Å²) >= 11 is 3.39. The first-order valence-electron chi connectivity index (χ1n) is 5.10. The van der Waals surface area contributed by atoms with Gasteiger partial charge in [-0.1, -0.05) is 0 Å². The average Bonchev–Trinajstić information content (AvgIpc) is 2.72. The monoisotopic (exact) mass is 329 g/mol. The van der Waals surface area contributed by atoms with E-state index >= 15 is 0 Å². The van der Waals surface area contributed by atoms with Crippen LogP contribution in [0, 0.1) is 6.92 Å². The van der Waals surface area contributed by atoms with Crippen molar-refractivity contribution in [2.75, 3.05) is 12.0 Å². The lowest BCUT2D eigenvalue weighted by molar-refractivity contribution is 0.602. The second kappa shape index (κ2) is 4.40. The zero-order valence-corrected chi connectivity index (χ0v) is 12.3. The predicted molar refractivity (Wildman–Crippen MR) is 73.5 cm³/mol. The van der Waals surface area contributed by atoms with Gasteiger partial charge in [-0.2, -0.15) is 5.10 Å². The molecular formula is C11H12BrN3O2S. The van der Waals surface area contributed by atoms with Crippen molar-refractivity contribution in [2.24, 2.45) is 0 Å². The van der Waals surface area contributed by atoms with E-state index in [4.69, 9.17) is 5.73 Å². The van der Waals surface area contributed by atoms with E-state index in [9.17, 15) is 8.42 Å². The quantitative estimate of drug-likeness (QED) is 0.854. The topological polar surface area (TPSA) is 78.0 Å². The molecule has 1 aromatic carbocycles. The van der Waals surface area contributed by atoms with Crippen molar-refractivity contribution in [3.8, 4) is 5.69 Å². The highest BCUT2D eigenvalue weighted by atomic mass is 79.9. The van der Waals surface area contributed by atoms with Crippen molar-refractivity contribution in [2.45, 2.75) is 11.8 Å². The Balaban J connectivity index is 2.56. The Hall–Kier alpha value is -1.34. The molecule has 0 saturated heterocycles. The molecule has 5 nitrogen and oxygen atoms in total. The number of rotatable bonds is 2. The number of benzene rings is 1. The maximum absolute atomic E-state index is 11.4. The summed E-state index contributed by atoms with van der Waals surface area (Å²) in [6.45, 7) is 1.88. The van der Waals surface area contributed by atoms with Gasteiger partial charge in [0.2, 0.25) is 0 Å². The third kappa shape index (κ3) is 2.41. The van der Waals surface area contributed by atoms with Crippen LogP contribution in [0.25, 0.3) is 5.69 Å². The highest BCUT2D eigenvalue weighted by molar-refractivity contribution is 9.10. The summed E-state index contributed by atoms with van der Waals surface area (Å²) in [7, 11) is -3.24. The van der Waals surface area contributed by atoms with E-state index in [-0.39, 0.29) is 4.90 Å². The van der Waals surface area contributed by atoms with Gasteiger partial charge in [-0.05, 0) is 40.5 Å². The van der Waals surface area contributed by atoms with Gasteiger partial charge in [0.1, 0.15) is 4.90 Å². The van der Waals surface area contributed by atoms with E-state index in [1.54, 1.807) is 6.07 Å². The number of aromatic nitrogens is 2. The number of nitrogens with zero attached hydrogens (tertiary/aromatic N) is 2. The van der Waals surface area contributed by atoms with Crippen LogP contribution in [0.4, 0.5) is 5.69 Å². The van der Waals surface area contributed by atoms with Gasteiger partial charge in [0.25, 0.3) is 0 Å². The zero-order chi connectivity index (χ0) is 13.5. The fourth-order valence-corrected chi connectivity index (χ4v) is 2.56. The molecule has 0 aliphatic carbocycles. The molecule has 0 radical (unpaired) electrons. The highest BCUT2D eigenvalue weighted by Gasteiger charge is 2.12. The molecule has 0 fully saturated rings. The number of anilines is 1. The number of halogens is 1. The van der Waals surface area contributed by atoms with E-state index in [0.29, 0.717) is 5.69 Å². The number of aryl methyl sites for hydroxylation is 1. The molecule has 96 valence electrons. The fraction of sp³-hybridized carbons (Fsp3) is 0.182. The second-order valence-corrected chi connectivity index (χ2v) is 6.92. The fourth-order valence-electron chi connectivity index (χ4n) is 1.49. The third-order valence-corrected chi connectivity index (χ3v) is 4.27. The first kappa shape index (κ1) is 13.1. The first-order chi connectivity index (χ1) is 8.29. The molecule has 2 aromatic rings. The molecule has 0 saturated carbocycles. The van der Waals surface area contributed by atoms with Crippen LogP contribution in [0.2, 0.25) is 0 Å². The van der Waals surface area contributed by atoms with Gasteiger partial charge in [0.05, 0.1) is 11.9 Å². The van der Waals surface area contributed by atoms with Crippen LogP contribution in [0.15, 0.2) is 33.9 Å². The van der Waals surface area contributed by atoms with Crippen molar-refractivity contribution >= 4 is 31.5 Å². The van der Waals surface area contributed by atoms with E-state index < -0.39 is 9.84 Å². The van der Waals surface area contributed by atoms with Gasteiger partial charge >= 0.3 is 0 Å². The molecule has 0 aliphatic rings. The Kier molecular flexibility index (Phi) is 3.20. The standard InChI is InChI=1S/C11H12BrN3O2S/c1-7-3-11(9(12)4-10(7)13)15-6-8(5-14-15)18(2,16)17/h3-6H,13H2,1-2H3. The summed E-state index contributed by atoms with van der Waals surface area (Å²) in [6, 6.07) is 3.62. The van der Waals surface area contributed by atoms with Gasteiger partial charge in [-0.25, -0.2) is 13.1 Å². The molecule has 1 aromatic heterocycles. The Bertz CT molecular complexity index is 707. The van der Waals surface area contributed by atoms with Gasteiger partial charge < -0.3 is 5.73 Å². The molecule has 1 heterocycles. The third-order valence-electron chi connectivity index (χ3n) is 2.57. The molecule has 18 heavy (non-hydrogen) atoms. The zero-order valence-electron chi connectivity index (χ0n) is 9.88. The van der Waals surface area contributed by atoms with Crippen LogP contribution in [0.5, 0.6) is 0 Å². The largest absolute Gasteiger partial charge is 0.398 e. The van der Waals surface area contributed by atoms with Crippen LogP contribution in [0.1, 0.15) is 5.56 Å². The Morgan fingerprint density at radius 1 is 1.39 bits per heavy atom. The van der Waals surface area contributed by atoms with Gasteiger partial charge in [0, 0.05) is 22.6 Å². The molecule has 0 aliphatic heterocycles. The summed E-state index contributed by atoms with van der Waals surface area (Å²) in [4.78, 5) is 0.184. The van der Waals surface area contributed by atoms with Crippen molar-refractivity contribution in [1.82, 2.24) is 9.78 Å². The normalized spacial score (nSPS) is 11.7. The molecular weight excluding hydrogens is 318 g/mol. The lowest BCUT2D eigenvalue weighted by atomic mass is 10.2. The number of nitrogen functional groups attached to an aromatic ring is 1. The van der Waals surface area contributed by atoms with Crippen molar-refractivity contribution in [3.05, 3.63) is 34.6 Å². The minimum Gasteiger partial charge on any atom is -0.398 e. The number of hydrogen-bond acceptors (Lipinski definition) is 4. The van der Waals surface area contributed by atoms with Crippen LogP contribution in [-0.4, -0.2) is 24.5 Å². The summed E-state index contributed by atoms with van der Waals surface area (Å²) in [6.07, 6.45) is 3.95. The van der Waals surface area contributed by atoms with Gasteiger partial charge in [-0.15, -0.1) is 0 Å². The van der Waals surface area contributed by atoms with E-state index in [2.05, 4.69) is 21.0 Å².